The van der Waals surface area contributed by atoms with Gasteiger partial charge in [-0.2, -0.15) is 0 Å². The number of aromatic hydroxyl groups is 1. The highest BCUT2D eigenvalue weighted by molar-refractivity contribution is 7.07. The molecule has 0 fully saturated rings. The van der Waals surface area contributed by atoms with Gasteiger partial charge in [-0.15, -0.1) is 11.3 Å². The molecule has 18 heavy (non-hydrogen) atoms. The summed E-state index contributed by atoms with van der Waals surface area (Å²) in [6.45, 7) is 0. The lowest BCUT2D eigenvalue weighted by Crippen LogP contribution is -2.27. The maximum Gasteiger partial charge on any atom is 0.271 e. The van der Waals surface area contributed by atoms with Crippen LogP contribution in [0.2, 0.25) is 0 Å². The summed E-state index contributed by atoms with van der Waals surface area (Å²) in [5.41, 5.74) is 4.05. The zero-order valence-corrected chi connectivity index (χ0v) is 10.4. The second-order valence-corrected chi connectivity index (χ2v) is 5.00. The maximum absolute atomic E-state index is 11.9. The summed E-state index contributed by atoms with van der Waals surface area (Å²) in [6.07, 6.45) is 1.62. The summed E-state index contributed by atoms with van der Waals surface area (Å²) >= 11 is 1.40. The molecule has 0 spiro atoms. The molecule has 1 amide bonds. The van der Waals surface area contributed by atoms with Gasteiger partial charge in [0.15, 0.2) is 0 Å². The van der Waals surface area contributed by atoms with Crippen LogP contribution >= 0.6 is 11.3 Å². The third kappa shape index (κ3) is 1.86. The molecule has 1 heterocycles. The number of hydrogen-bond donors (Lipinski definition) is 2. The van der Waals surface area contributed by atoms with E-state index in [2.05, 4.69) is 10.3 Å². The SMILES string of the molecule is O=C(NC1CCc2c(O)cccc21)c1cscn1. The highest BCUT2D eigenvalue weighted by Crippen LogP contribution is 2.36. The van der Waals surface area contributed by atoms with Crippen molar-refractivity contribution in [1.82, 2.24) is 10.3 Å². The van der Waals surface area contributed by atoms with Crippen LogP contribution < -0.4 is 5.32 Å². The smallest absolute Gasteiger partial charge is 0.271 e. The highest BCUT2D eigenvalue weighted by Gasteiger charge is 2.26. The zero-order chi connectivity index (χ0) is 12.5. The van der Waals surface area contributed by atoms with Gasteiger partial charge >= 0.3 is 0 Å². The number of hydrogen-bond acceptors (Lipinski definition) is 4. The van der Waals surface area contributed by atoms with E-state index >= 15 is 0 Å². The largest absolute Gasteiger partial charge is 0.508 e. The molecule has 0 saturated carbocycles. The summed E-state index contributed by atoms with van der Waals surface area (Å²) in [5.74, 6) is 0.162. The van der Waals surface area contributed by atoms with Crippen molar-refractivity contribution in [3.05, 3.63) is 45.9 Å². The van der Waals surface area contributed by atoms with Crippen molar-refractivity contribution in [2.24, 2.45) is 0 Å². The summed E-state index contributed by atoms with van der Waals surface area (Å²) in [6, 6.07) is 5.42. The van der Waals surface area contributed by atoms with Gasteiger partial charge in [0.1, 0.15) is 11.4 Å². The van der Waals surface area contributed by atoms with Crippen LogP contribution in [0.4, 0.5) is 0 Å². The van der Waals surface area contributed by atoms with E-state index in [4.69, 9.17) is 0 Å². The Kier molecular flexibility index (Phi) is 2.76. The predicted octanol–water partition coefficient (Wildman–Crippen LogP) is 2.27. The molecule has 3 rings (SSSR count). The third-order valence-electron chi connectivity index (χ3n) is 3.22. The molecule has 0 saturated heterocycles. The number of fused-ring (bicyclic) bond motifs is 1. The van der Waals surface area contributed by atoms with Gasteiger partial charge in [-0.1, -0.05) is 12.1 Å². The van der Waals surface area contributed by atoms with Gasteiger partial charge in [0.25, 0.3) is 5.91 Å². The molecule has 1 aromatic heterocycles. The van der Waals surface area contributed by atoms with E-state index in [1.165, 1.54) is 11.3 Å². The van der Waals surface area contributed by atoms with E-state index in [1.54, 1.807) is 17.0 Å². The van der Waals surface area contributed by atoms with E-state index < -0.39 is 0 Å². The van der Waals surface area contributed by atoms with Crippen molar-refractivity contribution in [3.8, 4) is 5.75 Å². The van der Waals surface area contributed by atoms with Crippen molar-refractivity contribution >= 4 is 17.2 Å². The van der Waals surface area contributed by atoms with E-state index in [0.717, 1.165) is 24.0 Å². The fraction of sp³-hybridized carbons (Fsp3) is 0.231. The Hall–Kier alpha value is -1.88. The molecule has 1 aromatic carbocycles. The van der Waals surface area contributed by atoms with Crippen LogP contribution in [-0.2, 0) is 6.42 Å². The molecule has 1 aliphatic carbocycles. The molecule has 2 N–H and O–H groups in total. The number of aromatic nitrogens is 1. The number of nitrogens with zero attached hydrogens (tertiary/aromatic N) is 1. The molecule has 92 valence electrons. The van der Waals surface area contributed by atoms with Crippen LogP contribution in [0.25, 0.3) is 0 Å². The Morgan fingerprint density at radius 3 is 3.17 bits per heavy atom. The van der Waals surface area contributed by atoms with Crippen LogP contribution in [0.3, 0.4) is 0 Å². The van der Waals surface area contributed by atoms with Crippen molar-refractivity contribution in [3.63, 3.8) is 0 Å². The van der Waals surface area contributed by atoms with E-state index in [9.17, 15) is 9.90 Å². The Morgan fingerprint density at radius 2 is 2.39 bits per heavy atom. The fourth-order valence-electron chi connectivity index (χ4n) is 2.34. The van der Waals surface area contributed by atoms with Gasteiger partial charge in [0.05, 0.1) is 11.6 Å². The monoisotopic (exact) mass is 260 g/mol. The quantitative estimate of drug-likeness (QED) is 0.870. The standard InChI is InChI=1S/C13H12N2O2S/c16-12-3-1-2-8-9(12)4-5-10(8)15-13(17)11-6-18-7-14-11/h1-3,6-7,10,16H,4-5H2,(H,15,17). The number of thiazole rings is 1. The molecule has 2 aromatic rings. The lowest BCUT2D eigenvalue weighted by Gasteiger charge is -2.13. The predicted molar refractivity (Wildman–Crippen MR) is 68.7 cm³/mol. The number of nitrogens with one attached hydrogen (secondary N) is 1. The number of rotatable bonds is 2. The van der Waals surface area contributed by atoms with Crippen LogP contribution in [-0.4, -0.2) is 16.0 Å². The Balaban J connectivity index is 1.81. The minimum atomic E-state index is -0.155. The molecule has 0 radical (unpaired) electrons. The van der Waals surface area contributed by atoms with Gasteiger partial charge in [-0.05, 0) is 30.0 Å². The van der Waals surface area contributed by atoms with Crippen molar-refractivity contribution in [2.75, 3.05) is 0 Å². The number of phenols is 1. The van der Waals surface area contributed by atoms with Gasteiger partial charge in [-0.3, -0.25) is 4.79 Å². The maximum atomic E-state index is 11.9. The molecule has 0 bridgehead atoms. The average molecular weight is 260 g/mol. The van der Waals surface area contributed by atoms with Gasteiger partial charge in [0, 0.05) is 5.38 Å². The minimum Gasteiger partial charge on any atom is -0.508 e. The minimum absolute atomic E-state index is 0.0266. The molecule has 1 aliphatic rings. The van der Waals surface area contributed by atoms with E-state index in [1.807, 2.05) is 12.1 Å². The topological polar surface area (TPSA) is 62.2 Å². The molecule has 1 unspecified atom stereocenters. The molecule has 0 aliphatic heterocycles. The Bertz CT molecular complexity index is 581. The zero-order valence-electron chi connectivity index (χ0n) is 9.59. The first-order valence-corrected chi connectivity index (χ1v) is 6.70. The molecule has 5 heteroatoms. The summed E-state index contributed by atoms with van der Waals surface area (Å²) < 4.78 is 0. The van der Waals surface area contributed by atoms with Crippen LogP contribution in [0.5, 0.6) is 5.75 Å². The van der Waals surface area contributed by atoms with Gasteiger partial charge in [-0.25, -0.2) is 4.98 Å². The molecule has 1 atom stereocenters. The first kappa shape index (κ1) is 11.2. The number of amides is 1. The summed E-state index contributed by atoms with van der Waals surface area (Å²) in [4.78, 5) is 15.9. The summed E-state index contributed by atoms with van der Waals surface area (Å²) in [5, 5.41) is 14.4. The first-order chi connectivity index (χ1) is 8.75. The van der Waals surface area contributed by atoms with Crippen molar-refractivity contribution < 1.29 is 9.90 Å². The second kappa shape index (κ2) is 4.42. The fourth-order valence-corrected chi connectivity index (χ4v) is 2.87. The second-order valence-electron chi connectivity index (χ2n) is 4.28. The van der Waals surface area contributed by atoms with E-state index in [0.29, 0.717) is 11.4 Å². The van der Waals surface area contributed by atoms with E-state index in [-0.39, 0.29) is 11.9 Å². The Morgan fingerprint density at radius 1 is 1.50 bits per heavy atom. The third-order valence-corrected chi connectivity index (χ3v) is 3.80. The molecule has 4 nitrogen and oxygen atoms in total. The normalized spacial score (nSPS) is 17.4. The van der Waals surface area contributed by atoms with Crippen molar-refractivity contribution in [1.29, 1.82) is 0 Å². The van der Waals surface area contributed by atoms with Gasteiger partial charge in [0.2, 0.25) is 0 Å². The first-order valence-electron chi connectivity index (χ1n) is 5.75. The molecular formula is C13H12N2O2S. The van der Waals surface area contributed by atoms with Crippen molar-refractivity contribution in [2.45, 2.75) is 18.9 Å². The average Bonchev–Trinajstić information content (AvgIpc) is 2.99. The lowest BCUT2D eigenvalue weighted by molar-refractivity contribution is 0.0932. The lowest BCUT2D eigenvalue weighted by atomic mass is 10.1. The van der Waals surface area contributed by atoms with Crippen LogP contribution in [0, 0.1) is 0 Å². The Labute approximate surface area is 108 Å². The van der Waals surface area contributed by atoms with Gasteiger partial charge < -0.3 is 10.4 Å². The number of benzene rings is 1. The van der Waals surface area contributed by atoms with Crippen LogP contribution in [0.1, 0.15) is 34.1 Å². The summed E-state index contributed by atoms with van der Waals surface area (Å²) in [7, 11) is 0. The number of phenolic OH excluding ortho intramolecular Hbond substituents is 1. The van der Waals surface area contributed by atoms with Crippen LogP contribution in [0.15, 0.2) is 29.1 Å². The molecular weight excluding hydrogens is 248 g/mol. The number of carbonyl (C=O) groups excluding carboxylic acids is 1. The highest BCUT2D eigenvalue weighted by atomic mass is 32.1. The number of carbonyl (C=O) groups is 1.